The maximum absolute atomic E-state index is 12.5. The molecule has 7 nitrogen and oxygen atoms in total. The summed E-state index contributed by atoms with van der Waals surface area (Å²) in [6.45, 7) is 3.17. The molecule has 1 aliphatic rings. The van der Waals surface area contributed by atoms with Crippen molar-refractivity contribution in [2.45, 2.75) is 19.8 Å². The number of nitrogens with one attached hydrogen (secondary N) is 2. The number of fused-ring (bicyclic) bond motifs is 1. The molecule has 0 saturated carbocycles. The highest BCUT2D eigenvalue weighted by molar-refractivity contribution is 7.22. The maximum Gasteiger partial charge on any atom is 0.273 e. The molecule has 1 fully saturated rings. The van der Waals surface area contributed by atoms with Crippen LogP contribution in [0.1, 0.15) is 29.0 Å². The number of aromatic nitrogens is 1. The first-order valence-electron chi connectivity index (χ1n) is 8.86. The van der Waals surface area contributed by atoms with Crippen LogP contribution in [0.15, 0.2) is 41.0 Å². The van der Waals surface area contributed by atoms with E-state index in [0.29, 0.717) is 17.9 Å². The minimum atomic E-state index is -0.381. The van der Waals surface area contributed by atoms with Crippen molar-refractivity contribution in [2.75, 3.05) is 18.0 Å². The molecule has 27 heavy (non-hydrogen) atoms. The van der Waals surface area contributed by atoms with E-state index in [9.17, 15) is 9.59 Å². The van der Waals surface area contributed by atoms with Crippen LogP contribution in [-0.4, -0.2) is 29.9 Å². The largest absolute Gasteiger partial charge is 0.469 e. The lowest BCUT2D eigenvalue weighted by molar-refractivity contribution is -0.126. The Labute approximate surface area is 160 Å². The lowest BCUT2D eigenvalue weighted by Crippen LogP contribution is -2.49. The zero-order valence-corrected chi connectivity index (χ0v) is 15.7. The smallest absolute Gasteiger partial charge is 0.273 e. The maximum atomic E-state index is 12.5. The Hall–Kier alpha value is -2.87. The topological polar surface area (TPSA) is 87.5 Å². The number of hydrogen-bond acceptors (Lipinski definition) is 6. The molecule has 0 radical (unpaired) electrons. The number of rotatable bonds is 3. The highest BCUT2D eigenvalue weighted by atomic mass is 32.1. The summed E-state index contributed by atoms with van der Waals surface area (Å²) in [7, 11) is 0. The summed E-state index contributed by atoms with van der Waals surface area (Å²) in [6, 6.07) is 9.60. The van der Waals surface area contributed by atoms with Crippen LogP contribution in [0, 0.1) is 12.8 Å². The monoisotopic (exact) mass is 384 g/mol. The Bertz CT molecular complexity index is 947. The molecule has 4 rings (SSSR count). The third-order valence-electron chi connectivity index (χ3n) is 4.75. The molecule has 1 saturated heterocycles. The van der Waals surface area contributed by atoms with Gasteiger partial charge in [0.05, 0.1) is 28.0 Å². The van der Waals surface area contributed by atoms with Gasteiger partial charge in [0.25, 0.3) is 5.91 Å². The number of anilines is 1. The highest BCUT2D eigenvalue weighted by Gasteiger charge is 2.28. The Morgan fingerprint density at radius 1 is 1.26 bits per heavy atom. The van der Waals surface area contributed by atoms with Crippen molar-refractivity contribution >= 4 is 38.5 Å². The average Bonchev–Trinajstić information content (AvgIpc) is 3.32. The molecule has 0 bridgehead atoms. The Morgan fingerprint density at radius 3 is 2.89 bits per heavy atom. The van der Waals surface area contributed by atoms with Gasteiger partial charge in [0, 0.05) is 13.1 Å². The number of hydrazine groups is 1. The van der Waals surface area contributed by atoms with Gasteiger partial charge in [-0.15, -0.1) is 0 Å². The minimum absolute atomic E-state index is 0.185. The van der Waals surface area contributed by atoms with E-state index in [4.69, 9.17) is 4.42 Å². The summed E-state index contributed by atoms with van der Waals surface area (Å²) in [5, 5.41) is 0.937. The van der Waals surface area contributed by atoms with Crippen LogP contribution in [-0.2, 0) is 4.79 Å². The molecule has 1 atom stereocenters. The molecule has 2 amide bonds. The predicted octanol–water partition coefficient (Wildman–Crippen LogP) is 2.88. The van der Waals surface area contributed by atoms with Crippen molar-refractivity contribution < 1.29 is 14.0 Å². The van der Waals surface area contributed by atoms with Crippen molar-refractivity contribution in [1.29, 1.82) is 0 Å². The molecule has 2 aromatic heterocycles. The fourth-order valence-electron chi connectivity index (χ4n) is 3.27. The molecule has 8 heteroatoms. The first kappa shape index (κ1) is 17.5. The van der Waals surface area contributed by atoms with Gasteiger partial charge in [-0.2, -0.15) is 0 Å². The molecular weight excluding hydrogens is 364 g/mol. The van der Waals surface area contributed by atoms with E-state index in [1.54, 1.807) is 24.3 Å². The molecule has 1 aromatic carbocycles. The summed E-state index contributed by atoms with van der Waals surface area (Å²) >= 11 is 1.64. The van der Waals surface area contributed by atoms with Gasteiger partial charge in [0.15, 0.2) is 5.13 Å². The Kier molecular flexibility index (Phi) is 4.81. The number of furan rings is 1. The van der Waals surface area contributed by atoms with Crippen LogP contribution in [0.3, 0.4) is 0 Å². The number of carbonyl (C=O) groups is 2. The second kappa shape index (κ2) is 7.40. The van der Waals surface area contributed by atoms with E-state index >= 15 is 0 Å². The van der Waals surface area contributed by atoms with Gasteiger partial charge in [-0.05, 0) is 38.0 Å². The molecule has 140 valence electrons. The molecular formula is C19H20N4O3S. The van der Waals surface area contributed by atoms with E-state index in [2.05, 4.69) is 26.8 Å². The molecule has 1 unspecified atom stereocenters. The summed E-state index contributed by atoms with van der Waals surface area (Å²) < 4.78 is 6.25. The third-order valence-corrected chi connectivity index (χ3v) is 5.85. The molecule has 0 spiro atoms. The van der Waals surface area contributed by atoms with Gasteiger partial charge in [-0.1, -0.05) is 23.5 Å². The molecule has 2 N–H and O–H groups in total. The number of para-hydroxylation sites is 1. The number of benzene rings is 1. The lowest BCUT2D eigenvalue weighted by atomic mass is 9.98. The van der Waals surface area contributed by atoms with Crippen molar-refractivity contribution in [2.24, 2.45) is 5.92 Å². The van der Waals surface area contributed by atoms with Gasteiger partial charge in [0.1, 0.15) is 5.76 Å². The van der Waals surface area contributed by atoms with Crippen LogP contribution < -0.4 is 15.8 Å². The molecule has 3 heterocycles. The van der Waals surface area contributed by atoms with E-state index in [-0.39, 0.29) is 17.7 Å². The number of thiazole rings is 1. The van der Waals surface area contributed by atoms with Gasteiger partial charge >= 0.3 is 0 Å². The number of carbonyl (C=O) groups excluding carboxylic acids is 2. The second-order valence-electron chi connectivity index (χ2n) is 6.58. The average molecular weight is 384 g/mol. The summed E-state index contributed by atoms with van der Waals surface area (Å²) in [4.78, 5) is 31.4. The van der Waals surface area contributed by atoms with Crippen molar-refractivity contribution in [3.63, 3.8) is 0 Å². The quantitative estimate of drug-likeness (QED) is 0.678. The van der Waals surface area contributed by atoms with Crippen molar-refractivity contribution in [1.82, 2.24) is 15.8 Å². The van der Waals surface area contributed by atoms with Crippen LogP contribution >= 0.6 is 11.3 Å². The van der Waals surface area contributed by atoms with Crippen LogP contribution in [0.25, 0.3) is 10.2 Å². The standard InChI is InChI=1S/C19H20N4O3S/c1-12-14(8-10-26-12)18(25)22-21-17(24)13-5-4-9-23(11-13)19-20-15-6-2-3-7-16(15)27-19/h2-3,6-8,10,13H,4-5,9,11H2,1H3,(H,21,24)(H,22,25). The predicted molar refractivity (Wildman–Crippen MR) is 104 cm³/mol. The van der Waals surface area contributed by atoms with Gasteiger partial charge < -0.3 is 9.32 Å². The Balaban J connectivity index is 1.38. The summed E-state index contributed by atoms with van der Waals surface area (Å²) in [5.74, 6) is -0.248. The molecule has 0 aliphatic carbocycles. The number of amides is 2. The molecule has 3 aromatic rings. The van der Waals surface area contributed by atoms with Crippen LogP contribution in [0.2, 0.25) is 0 Å². The van der Waals surface area contributed by atoms with Gasteiger partial charge in [0.2, 0.25) is 5.91 Å². The summed E-state index contributed by atoms with van der Waals surface area (Å²) in [6.07, 6.45) is 3.14. The SMILES string of the molecule is Cc1occc1C(=O)NNC(=O)C1CCCN(c2nc3ccccc3s2)C1. The van der Waals surface area contributed by atoms with Gasteiger partial charge in [-0.3, -0.25) is 20.4 Å². The third kappa shape index (κ3) is 3.66. The van der Waals surface area contributed by atoms with Crippen LogP contribution in [0.5, 0.6) is 0 Å². The van der Waals surface area contributed by atoms with E-state index in [1.807, 2.05) is 18.2 Å². The second-order valence-corrected chi connectivity index (χ2v) is 7.59. The first-order valence-corrected chi connectivity index (χ1v) is 9.68. The first-order chi connectivity index (χ1) is 13.1. The highest BCUT2D eigenvalue weighted by Crippen LogP contribution is 2.31. The number of nitrogens with zero attached hydrogens (tertiary/aromatic N) is 2. The normalized spacial score (nSPS) is 17.1. The van der Waals surface area contributed by atoms with Crippen molar-refractivity contribution in [3.8, 4) is 0 Å². The lowest BCUT2D eigenvalue weighted by Gasteiger charge is -2.31. The molecule has 1 aliphatic heterocycles. The van der Waals surface area contributed by atoms with E-state index < -0.39 is 0 Å². The fourth-order valence-corrected chi connectivity index (χ4v) is 4.27. The van der Waals surface area contributed by atoms with Gasteiger partial charge in [-0.25, -0.2) is 4.98 Å². The fraction of sp³-hybridized carbons (Fsp3) is 0.316. The summed E-state index contributed by atoms with van der Waals surface area (Å²) in [5.41, 5.74) is 6.40. The van der Waals surface area contributed by atoms with Crippen molar-refractivity contribution in [3.05, 3.63) is 47.9 Å². The minimum Gasteiger partial charge on any atom is -0.469 e. The number of hydrogen-bond donors (Lipinski definition) is 2. The van der Waals surface area contributed by atoms with E-state index in [0.717, 1.165) is 34.7 Å². The van der Waals surface area contributed by atoms with E-state index in [1.165, 1.54) is 6.26 Å². The zero-order valence-electron chi connectivity index (χ0n) is 14.9. The van der Waals surface area contributed by atoms with Crippen LogP contribution in [0.4, 0.5) is 5.13 Å². The number of aryl methyl sites for hydroxylation is 1. The number of piperidine rings is 1. The zero-order chi connectivity index (χ0) is 18.8. The Morgan fingerprint density at radius 2 is 2.11 bits per heavy atom.